The van der Waals surface area contributed by atoms with Crippen molar-refractivity contribution in [3.05, 3.63) is 92.6 Å². The first-order valence-electron chi connectivity index (χ1n) is 9.87. The van der Waals surface area contributed by atoms with E-state index in [4.69, 9.17) is 18.9 Å². The topological polar surface area (TPSA) is 54.0 Å². The highest BCUT2D eigenvalue weighted by atomic mass is 79.9. The van der Waals surface area contributed by atoms with Crippen molar-refractivity contribution in [1.82, 2.24) is 0 Å². The quantitative estimate of drug-likeness (QED) is 0.442. The third-order valence-corrected chi connectivity index (χ3v) is 5.73. The van der Waals surface area contributed by atoms with E-state index in [0.29, 0.717) is 36.0 Å². The maximum absolute atomic E-state index is 12.8. The molecule has 0 saturated heterocycles. The van der Waals surface area contributed by atoms with Gasteiger partial charge in [-0.25, -0.2) is 0 Å². The minimum absolute atomic E-state index is 0.122. The van der Waals surface area contributed by atoms with Crippen molar-refractivity contribution in [1.29, 1.82) is 0 Å². The summed E-state index contributed by atoms with van der Waals surface area (Å²) in [5.41, 5.74) is 4.16. The van der Waals surface area contributed by atoms with Crippen molar-refractivity contribution >= 4 is 27.8 Å². The summed E-state index contributed by atoms with van der Waals surface area (Å²) in [5, 5.41) is 0. The van der Waals surface area contributed by atoms with Gasteiger partial charge in [-0.1, -0.05) is 46.3 Å². The van der Waals surface area contributed by atoms with Gasteiger partial charge in [0.2, 0.25) is 5.78 Å². The summed E-state index contributed by atoms with van der Waals surface area (Å²) in [5.74, 6) is 2.20. The van der Waals surface area contributed by atoms with E-state index < -0.39 is 0 Å². The van der Waals surface area contributed by atoms with E-state index >= 15 is 0 Å². The van der Waals surface area contributed by atoms with Gasteiger partial charge in [-0.3, -0.25) is 4.79 Å². The fourth-order valence-electron chi connectivity index (χ4n) is 3.74. The molecule has 2 aliphatic rings. The summed E-state index contributed by atoms with van der Waals surface area (Å²) in [6, 6.07) is 17.2. The van der Waals surface area contributed by atoms with Crippen molar-refractivity contribution in [2.75, 3.05) is 6.79 Å². The van der Waals surface area contributed by atoms with E-state index in [1.54, 1.807) is 12.1 Å². The molecule has 0 bridgehead atoms. The fraction of sp³-hybridized carbons (Fsp3) is 0.160. The molecule has 5 rings (SSSR count). The van der Waals surface area contributed by atoms with E-state index in [-0.39, 0.29) is 12.6 Å². The number of hydrogen-bond donors (Lipinski definition) is 0. The van der Waals surface area contributed by atoms with Crippen LogP contribution in [0.15, 0.2) is 64.8 Å². The Morgan fingerprint density at radius 1 is 1.10 bits per heavy atom. The van der Waals surface area contributed by atoms with Crippen LogP contribution in [-0.4, -0.2) is 12.6 Å². The van der Waals surface area contributed by atoms with E-state index in [1.807, 2.05) is 55.5 Å². The SMILES string of the molecule is Cc1c(OCc2cc(Br)cc3c2OCOC3)ccc2c1O/C(=C\c1ccccc1)C2=O. The van der Waals surface area contributed by atoms with Crippen LogP contribution in [0.25, 0.3) is 6.08 Å². The highest BCUT2D eigenvalue weighted by Crippen LogP contribution is 2.40. The molecule has 6 heteroatoms. The predicted octanol–water partition coefficient (Wildman–Crippen LogP) is 5.82. The first kappa shape index (κ1) is 19.8. The number of carbonyl (C=O) groups excluding carboxylic acids is 1. The maximum atomic E-state index is 12.8. The lowest BCUT2D eigenvalue weighted by molar-refractivity contribution is -0.0176. The largest absolute Gasteiger partial charge is 0.488 e. The highest BCUT2D eigenvalue weighted by molar-refractivity contribution is 9.10. The van der Waals surface area contributed by atoms with Crippen LogP contribution in [0, 0.1) is 6.92 Å². The number of halogens is 1. The van der Waals surface area contributed by atoms with E-state index in [1.165, 1.54) is 0 Å². The zero-order chi connectivity index (χ0) is 21.4. The Balaban J connectivity index is 1.40. The first-order valence-corrected chi connectivity index (χ1v) is 10.7. The second-order valence-corrected chi connectivity index (χ2v) is 8.28. The Labute approximate surface area is 188 Å². The summed E-state index contributed by atoms with van der Waals surface area (Å²) in [7, 11) is 0. The molecule has 2 aliphatic heterocycles. The normalized spacial score (nSPS) is 15.8. The summed E-state index contributed by atoms with van der Waals surface area (Å²) in [4.78, 5) is 12.8. The lowest BCUT2D eigenvalue weighted by Gasteiger charge is -2.21. The first-order chi connectivity index (χ1) is 15.1. The molecule has 0 saturated carbocycles. The third-order valence-electron chi connectivity index (χ3n) is 5.27. The van der Waals surface area contributed by atoms with Crippen LogP contribution in [-0.2, 0) is 18.0 Å². The molecule has 0 N–H and O–H groups in total. The molecule has 0 aliphatic carbocycles. The van der Waals surface area contributed by atoms with Crippen LogP contribution >= 0.6 is 15.9 Å². The van der Waals surface area contributed by atoms with Crippen LogP contribution in [0.5, 0.6) is 17.2 Å². The minimum Gasteiger partial charge on any atom is -0.488 e. The van der Waals surface area contributed by atoms with Gasteiger partial charge >= 0.3 is 0 Å². The van der Waals surface area contributed by atoms with E-state index in [0.717, 1.165) is 32.5 Å². The average Bonchev–Trinajstić information content (AvgIpc) is 3.10. The van der Waals surface area contributed by atoms with E-state index in [2.05, 4.69) is 15.9 Å². The number of hydrogen-bond acceptors (Lipinski definition) is 5. The van der Waals surface area contributed by atoms with Crippen molar-refractivity contribution in [2.24, 2.45) is 0 Å². The summed E-state index contributed by atoms with van der Waals surface area (Å²) in [6.45, 7) is 2.95. The number of benzene rings is 3. The molecule has 0 spiro atoms. The number of ether oxygens (including phenoxy) is 4. The summed E-state index contributed by atoms with van der Waals surface area (Å²) >= 11 is 3.53. The zero-order valence-corrected chi connectivity index (χ0v) is 18.4. The second kappa shape index (κ2) is 8.21. The molecule has 5 nitrogen and oxygen atoms in total. The molecular formula is C25H19BrO5. The maximum Gasteiger partial charge on any atom is 0.231 e. The van der Waals surface area contributed by atoms with Crippen LogP contribution in [0.4, 0.5) is 0 Å². The van der Waals surface area contributed by atoms with Gasteiger partial charge in [0.1, 0.15) is 23.9 Å². The standard InChI is InChI=1S/C25H19BrO5/c1-15-21(29-13-18-11-19(26)10-17-12-28-14-30-25(17)18)8-7-20-23(27)22(31-24(15)20)9-16-5-3-2-4-6-16/h2-11H,12-14H2,1H3/b22-9-. The number of rotatable bonds is 4. The third kappa shape index (κ3) is 3.84. The minimum atomic E-state index is -0.122. The fourth-order valence-corrected chi connectivity index (χ4v) is 4.30. The van der Waals surface area contributed by atoms with Gasteiger partial charge < -0.3 is 18.9 Å². The summed E-state index contributed by atoms with van der Waals surface area (Å²) < 4.78 is 24.0. The van der Waals surface area contributed by atoms with Crippen LogP contribution in [0.1, 0.15) is 32.6 Å². The smallest absolute Gasteiger partial charge is 0.231 e. The molecule has 0 unspecified atom stereocenters. The molecule has 3 aromatic carbocycles. The molecule has 0 fully saturated rings. The van der Waals surface area contributed by atoms with Gasteiger partial charge in [-0.2, -0.15) is 0 Å². The van der Waals surface area contributed by atoms with Crippen molar-refractivity contribution < 1.29 is 23.7 Å². The van der Waals surface area contributed by atoms with Crippen LogP contribution in [0.2, 0.25) is 0 Å². The molecule has 0 atom stereocenters. The molecule has 0 aromatic heterocycles. The monoisotopic (exact) mass is 478 g/mol. The van der Waals surface area contributed by atoms with Gasteiger partial charge in [0, 0.05) is 21.2 Å². The average molecular weight is 479 g/mol. The zero-order valence-electron chi connectivity index (χ0n) is 16.8. The van der Waals surface area contributed by atoms with Crippen molar-refractivity contribution in [3.8, 4) is 17.2 Å². The number of allylic oxidation sites excluding steroid dienone is 1. The van der Waals surface area contributed by atoms with Crippen molar-refractivity contribution in [3.63, 3.8) is 0 Å². The second-order valence-electron chi connectivity index (χ2n) is 7.37. The van der Waals surface area contributed by atoms with E-state index in [9.17, 15) is 4.79 Å². The Morgan fingerprint density at radius 3 is 2.77 bits per heavy atom. The Bertz CT molecular complexity index is 1200. The molecule has 3 aromatic rings. The molecular weight excluding hydrogens is 460 g/mol. The van der Waals surface area contributed by atoms with Crippen LogP contribution in [0.3, 0.4) is 0 Å². The molecule has 0 radical (unpaired) electrons. The Morgan fingerprint density at radius 2 is 1.94 bits per heavy atom. The molecule has 2 heterocycles. The number of Topliss-reactive ketones (excluding diaryl/α,β-unsaturated/α-hetero) is 1. The van der Waals surface area contributed by atoms with Crippen molar-refractivity contribution in [2.45, 2.75) is 20.1 Å². The molecule has 156 valence electrons. The molecule has 31 heavy (non-hydrogen) atoms. The highest BCUT2D eigenvalue weighted by Gasteiger charge is 2.30. The van der Waals surface area contributed by atoms with Gasteiger partial charge in [0.05, 0.1) is 12.2 Å². The Hall–Kier alpha value is -3.09. The van der Waals surface area contributed by atoms with Crippen LogP contribution < -0.4 is 14.2 Å². The van der Waals surface area contributed by atoms with Gasteiger partial charge in [-0.05, 0) is 42.8 Å². The predicted molar refractivity (Wildman–Crippen MR) is 119 cm³/mol. The van der Waals surface area contributed by atoms with Gasteiger partial charge in [-0.15, -0.1) is 0 Å². The van der Waals surface area contributed by atoms with Gasteiger partial charge in [0.25, 0.3) is 0 Å². The lowest BCUT2D eigenvalue weighted by atomic mass is 10.1. The number of ketones is 1. The van der Waals surface area contributed by atoms with Gasteiger partial charge in [0.15, 0.2) is 12.6 Å². The molecule has 0 amide bonds. The lowest BCUT2D eigenvalue weighted by Crippen LogP contribution is -2.14. The number of carbonyl (C=O) groups is 1. The number of fused-ring (bicyclic) bond motifs is 2. The Kier molecular flexibility index (Phi) is 5.26. The summed E-state index contributed by atoms with van der Waals surface area (Å²) in [6.07, 6.45) is 1.76.